The van der Waals surface area contributed by atoms with Crippen LogP contribution < -0.4 is 5.32 Å². The molecule has 2 rings (SSSR count). The minimum absolute atomic E-state index is 0.542. The maximum atomic E-state index is 5.65. The van der Waals surface area contributed by atoms with Gasteiger partial charge in [-0.15, -0.1) is 11.8 Å². The van der Waals surface area contributed by atoms with Crippen LogP contribution in [0.5, 0.6) is 0 Å². The molecule has 0 aromatic heterocycles. The first-order valence-corrected chi connectivity index (χ1v) is 8.79. The summed E-state index contributed by atoms with van der Waals surface area (Å²) in [6.07, 6.45) is 5.54. The summed E-state index contributed by atoms with van der Waals surface area (Å²) in [6, 6.07) is 9.50. The van der Waals surface area contributed by atoms with Gasteiger partial charge in [0.2, 0.25) is 0 Å². The van der Waals surface area contributed by atoms with Gasteiger partial charge in [0.25, 0.3) is 0 Å². The maximum Gasteiger partial charge on any atom is 0.0576 e. The van der Waals surface area contributed by atoms with Crippen LogP contribution in [0.4, 0.5) is 0 Å². The fourth-order valence-corrected chi connectivity index (χ4v) is 3.27. The fraction of sp³-hybridized carbons (Fsp3) is 0.647. The first-order chi connectivity index (χ1) is 9.74. The van der Waals surface area contributed by atoms with E-state index in [9.17, 15) is 0 Å². The Hall–Kier alpha value is -0.510. The first kappa shape index (κ1) is 15.9. The first-order valence-electron chi connectivity index (χ1n) is 7.81. The summed E-state index contributed by atoms with van der Waals surface area (Å²) in [5, 5.41) is 3.44. The molecule has 20 heavy (non-hydrogen) atoms. The van der Waals surface area contributed by atoms with Crippen molar-refractivity contribution in [2.75, 3.05) is 12.4 Å². The van der Waals surface area contributed by atoms with Crippen molar-refractivity contribution in [3.05, 3.63) is 29.8 Å². The van der Waals surface area contributed by atoms with Gasteiger partial charge in [-0.3, -0.25) is 0 Å². The summed E-state index contributed by atoms with van der Waals surface area (Å²) < 4.78 is 5.65. The van der Waals surface area contributed by atoms with Crippen molar-refractivity contribution >= 4 is 11.8 Å². The van der Waals surface area contributed by atoms with Gasteiger partial charge in [-0.05, 0) is 49.1 Å². The van der Waals surface area contributed by atoms with Gasteiger partial charge >= 0.3 is 0 Å². The van der Waals surface area contributed by atoms with Crippen LogP contribution in [0.2, 0.25) is 0 Å². The monoisotopic (exact) mass is 293 g/mol. The van der Waals surface area contributed by atoms with Gasteiger partial charge < -0.3 is 10.1 Å². The molecule has 1 aromatic carbocycles. The lowest BCUT2D eigenvalue weighted by Crippen LogP contribution is -2.21. The highest BCUT2D eigenvalue weighted by Crippen LogP contribution is 2.22. The minimum atomic E-state index is 0.542. The zero-order valence-corrected chi connectivity index (χ0v) is 13.5. The Morgan fingerprint density at radius 3 is 2.75 bits per heavy atom. The minimum Gasteiger partial charge on any atom is -0.378 e. The lowest BCUT2D eigenvalue weighted by molar-refractivity contribution is 0.104. The Bertz CT molecular complexity index is 371. The molecule has 1 fully saturated rings. The standard InChI is InChI=1S/C17H27NOS/c1-14(2)18-13-15-7-9-17(10-8-15)20-12-4-6-16-5-3-11-19-16/h7-10,14,16,18H,3-6,11-13H2,1-2H3. The van der Waals surface area contributed by atoms with Gasteiger partial charge in [-0.1, -0.05) is 26.0 Å². The molecule has 0 saturated carbocycles. The number of rotatable bonds is 8. The van der Waals surface area contributed by atoms with Crippen molar-refractivity contribution in [1.82, 2.24) is 5.32 Å². The van der Waals surface area contributed by atoms with Crippen molar-refractivity contribution < 1.29 is 4.74 Å². The molecule has 1 saturated heterocycles. The van der Waals surface area contributed by atoms with Crippen LogP contribution in [0.25, 0.3) is 0 Å². The molecule has 0 radical (unpaired) electrons. The lowest BCUT2D eigenvalue weighted by atomic mass is 10.1. The maximum absolute atomic E-state index is 5.65. The third-order valence-corrected chi connectivity index (χ3v) is 4.70. The highest BCUT2D eigenvalue weighted by Gasteiger charge is 2.14. The summed E-state index contributed by atoms with van der Waals surface area (Å²) in [5.41, 5.74) is 1.36. The van der Waals surface area contributed by atoms with E-state index < -0.39 is 0 Å². The van der Waals surface area contributed by atoms with E-state index in [4.69, 9.17) is 4.74 Å². The molecule has 1 aliphatic rings. The van der Waals surface area contributed by atoms with Crippen LogP contribution in [0.15, 0.2) is 29.2 Å². The van der Waals surface area contributed by atoms with E-state index in [1.54, 1.807) is 0 Å². The SMILES string of the molecule is CC(C)NCc1ccc(SCCCC2CCCO2)cc1. The number of hydrogen-bond acceptors (Lipinski definition) is 3. The Labute approximate surface area is 127 Å². The van der Waals surface area contributed by atoms with Crippen molar-refractivity contribution in [1.29, 1.82) is 0 Å². The van der Waals surface area contributed by atoms with Crippen molar-refractivity contribution in [2.45, 2.75) is 63.1 Å². The summed E-state index contributed by atoms with van der Waals surface area (Å²) in [7, 11) is 0. The molecule has 112 valence electrons. The number of nitrogens with one attached hydrogen (secondary N) is 1. The quantitative estimate of drug-likeness (QED) is 0.572. The van der Waals surface area contributed by atoms with Crippen LogP contribution in [-0.2, 0) is 11.3 Å². The third kappa shape index (κ3) is 5.86. The van der Waals surface area contributed by atoms with Gasteiger partial charge in [0.15, 0.2) is 0 Å². The van der Waals surface area contributed by atoms with E-state index in [-0.39, 0.29) is 0 Å². The molecule has 0 amide bonds. The van der Waals surface area contributed by atoms with Crippen LogP contribution >= 0.6 is 11.8 Å². The lowest BCUT2D eigenvalue weighted by Gasteiger charge is -2.10. The number of hydrogen-bond donors (Lipinski definition) is 1. The fourth-order valence-electron chi connectivity index (χ4n) is 2.40. The Balaban J connectivity index is 1.62. The van der Waals surface area contributed by atoms with E-state index >= 15 is 0 Å². The predicted molar refractivity (Wildman–Crippen MR) is 87.3 cm³/mol. The van der Waals surface area contributed by atoms with Crippen molar-refractivity contribution in [2.24, 2.45) is 0 Å². The van der Waals surface area contributed by atoms with Crippen LogP contribution in [0, 0.1) is 0 Å². The summed E-state index contributed by atoms with van der Waals surface area (Å²) in [4.78, 5) is 1.38. The second-order valence-corrected chi connectivity index (χ2v) is 6.97. The van der Waals surface area contributed by atoms with E-state index in [2.05, 4.69) is 43.4 Å². The van der Waals surface area contributed by atoms with Crippen LogP contribution in [-0.4, -0.2) is 24.5 Å². The number of benzene rings is 1. The summed E-state index contributed by atoms with van der Waals surface area (Å²) >= 11 is 1.96. The Kier molecular flexibility index (Phi) is 6.91. The molecular formula is C17H27NOS. The average molecular weight is 293 g/mol. The molecular weight excluding hydrogens is 266 g/mol. The van der Waals surface area contributed by atoms with Crippen molar-refractivity contribution in [3.8, 4) is 0 Å². The van der Waals surface area contributed by atoms with Crippen molar-refractivity contribution in [3.63, 3.8) is 0 Å². The van der Waals surface area contributed by atoms with E-state index in [1.807, 2.05) is 11.8 Å². The largest absolute Gasteiger partial charge is 0.378 e. The molecule has 2 nitrogen and oxygen atoms in total. The molecule has 1 heterocycles. The average Bonchev–Trinajstić information content (AvgIpc) is 2.96. The highest BCUT2D eigenvalue weighted by atomic mass is 32.2. The molecule has 0 bridgehead atoms. The zero-order valence-electron chi connectivity index (χ0n) is 12.7. The normalized spacial score (nSPS) is 18.9. The van der Waals surface area contributed by atoms with Gasteiger partial charge in [-0.25, -0.2) is 0 Å². The van der Waals surface area contributed by atoms with Gasteiger partial charge in [0.1, 0.15) is 0 Å². The number of ether oxygens (including phenoxy) is 1. The molecule has 1 aromatic rings. The summed E-state index contributed by atoms with van der Waals surface area (Å²) in [6.45, 7) is 6.29. The van der Waals surface area contributed by atoms with Crippen LogP contribution in [0.1, 0.15) is 45.1 Å². The summed E-state index contributed by atoms with van der Waals surface area (Å²) in [5.74, 6) is 1.20. The van der Waals surface area contributed by atoms with E-state index in [0.717, 1.165) is 13.2 Å². The van der Waals surface area contributed by atoms with Crippen LogP contribution in [0.3, 0.4) is 0 Å². The van der Waals surface area contributed by atoms with Gasteiger partial charge in [0, 0.05) is 24.1 Å². The molecule has 1 aliphatic heterocycles. The predicted octanol–water partition coefficient (Wildman–Crippen LogP) is 4.24. The Morgan fingerprint density at radius 1 is 1.30 bits per heavy atom. The molecule has 1 unspecified atom stereocenters. The Morgan fingerprint density at radius 2 is 2.10 bits per heavy atom. The topological polar surface area (TPSA) is 21.3 Å². The second-order valence-electron chi connectivity index (χ2n) is 5.81. The molecule has 1 N–H and O–H groups in total. The number of thioether (sulfide) groups is 1. The molecule has 0 aliphatic carbocycles. The van der Waals surface area contributed by atoms with E-state index in [1.165, 1.54) is 41.9 Å². The molecule has 1 atom stereocenters. The van der Waals surface area contributed by atoms with Gasteiger partial charge in [0.05, 0.1) is 6.10 Å². The second kappa shape index (κ2) is 8.71. The highest BCUT2D eigenvalue weighted by molar-refractivity contribution is 7.99. The smallest absolute Gasteiger partial charge is 0.0576 e. The van der Waals surface area contributed by atoms with E-state index in [0.29, 0.717) is 12.1 Å². The molecule has 3 heteroatoms. The van der Waals surface area contributed by atoms with Gasteiger partial charge in [-0.2, -0.15) is 0 Å². The third-order valence-electron chi connectivity index (χ3n) is 3.60. The zero-order chi connectivity index (χ0) is 14.2. The molecule has 0 spiro atoms.